The van der Waals surface area contributed by atoms with E-state index in [1.54, 1.807) is 12.3 Å². The monoisotopic (exact) mass is 320 g/mol. The first-order valence-electron chi connectivity index (χ1n) is 8.43. The molecule has 2 N–H and O–H groups in total. The van der Waals surface area contributed by atoms with Crippen LogP contribution in [-0.4, -0.2) is 61.7 Å². The fraction of sp³-hybridized carbons (Fsp3) is 0.647. The predicted molar refractivity (Wildman–Crippen MR) is 91.8 cm³/mol. The van der Waals surface area contributed by atoms with Crippen molar-refractivity contribution in [3.63, 3.8) is 0 Å². The molecule has 2 rings (SSSR count). The molecule has 0 spiro atoms. The first-order valence-corrected chi connectivity index (χ1v) is 8.43. The highest BCUT2D eigenvalue weighted by Crippen LogP contribution is 2.08. The van der Waals surface area contributed by atoms with Crippen LogP contribution in [0, 0.1) is 5.92 Å². The third-order valence-corrected chi connectivity index (χ3v) is 3.87. The molecule has 1 aliphatic heterocycles. The molecule has 6 nitrogen and oxygen atoms in total. The van der Waals surface area contributed by atoms with E-state index in [-0.39, 0.29) is 5.91 Å². The molecular weight excluding hydrogens is 292 g/mol. The summed E-state index contributed by atoms with van der Waals surface area (Å²) in [6.07, 6.45) is 2.76. The van der Waals surface area contributed by atoms with Crippen LogP contribution in [0.1, 0.15) is 30.6 Å². The number of nitrogens with one attached hydrogen (secondary N) is 2. The van der Waals surface area contributed by atoms with E-state index in [2.05, 4.69) is 34.4 Å². The van der Waals surface area contributed by atoms with Gasteiger partial charge < -0.3 is 15.4 Å². The van der Waals surface area contributed by atoms with Crippen molar-refractivity contribution in [1.29, 1.82) is 0 Å². The van der Waals surface area contributed by atoms with Gasteiger partial charge in [-0.05, 0) is 24.5 Å². The number of pyridine rings is 1. The van der Waals surface area contributed by atoms with Gasteiger partial charge in [0.15, 0.2) is 0 Å². The second-order valence-electron chi connectivity index (χ2n) is 6.25. The number of nitrogens with zero attached hydrogens (tertiary/aromatic N) is 2. The normalized spacial score (nSPS) is 15.6. The van der Waals surface area contributed by atoms with Gasteiger partial charge in [0.1, 0.15) is 5.82 Å². The second kappa shape index (κ2) is 9.47. The maximum absolute atomic E-state index is 12.2. The minimum atomic E-state index is -0.0485. The number of aromatic nitrogens is 1. The van der Waals surface area contributed by atoms with Gasteiger partial charge in [-0.2, -0.15) is 0 Å². The Balaban J connectivity index is 1.74. The van der Waals surface area contributed by atoms with Crippen molar-refractivity contribution in [2.45, 2.75) is 20.3 Å². The van der Waals surface area contributed by atoms with Gasteiger partial charge in [0, 0.05) is 44.5 Å². The number of hydrogen-bond acceptors (Lipinski definition) is 5. The van der Waals surface area contributed by atoms with Crippen LogP contribution in [0.25, 0.3) is 0 Å². The van der Waals surface area contributed by atoms with E-state index >= 15 is 0 Å². The molecular formula is C17H28N4O2. The average molecular weight is 320 g/mol. The summed E-state index contributed by atoms with van der Waals surface area (Å²) in [5, 5.41) is 6.24. The van der Waals surface area contributed by atoms with Crippen molar-refractivity contribution >= 4 is 11.7 Å². The van der Waals surface area contributed by atoms with E-state index in [0.29, 0.717) is 18.0 Å². The molecule has 128 valence electrons. The van der Waals surface area contributed by atoms with Crippen molar-refractivity contribution < 1.29 is 9.53 Å². The lowest BCUT2D eigenvalue weighted by atomic mass is 10.1. The highest BCUT2D eigenvalue weighted by molar-refractivity contribution is 5.94. The van der Waals surface area contributed by atoms with E-state index in [4.69, 9.17) is 4.74 Å². The molecule has 0 saturated carbocycles. The molecule has 2 heterocycles. The van der Waals surface area contributed by atoms with Gasteiger partial charge in [0.25, 0.3) is 5.91 Å². The quantitative estimate of drug-likeness (QED) is 0.762. The van der Waals surface area contributed by atoms with Gasteiger partial charge in [-0.3, -0.25) is 9.69 Å². The summed E-state index contributed by atoms with van der Waals surface area (Å²) in [6.45, 7) is 10.2. The van der Waals surface area contributed by atoms with Crippen molar-refractivity contribution in [3.8, 4) is 0 Å². The molecule has 0 aromatic carbocycles. The van der Waals surface area contributed by atoms with E-state index in [9.17, 15) is 4.79 Å². The Morgan fingerprint density at radius 3 is 2.87 bits per heavy atom. The highest BCUT2D eigenvalue weighted by atomic mass is 16.5. The van der Waals surface area contributed by atoms with Gasteiger partial charge in [-0.25, -0.2) is 4.98 Å². The third kappa shape index (κ3) is 6.54. The summed E-state index contributed by atoms with van der Waals surface area (Å²) in [6, 6.07) is 3.56. The Bertz CT molecular complexity index is 487. The van der Waals surface area contributed by atoms with Gasteiger partial charge in [0.05, 0.1) is 13.2 Å². The molecule has 1 aliphatic rings. The molecule has 6 heteroatoms. The first-order chi connectivity index (χ1) is 11.1. The smallest absolute Gasteiger partial charge is 0.251 e. The summed E-state index contributed by atoms with van der Waals surface area (Å²) in [7, 11) is 0. The van der Waals surface area contributed by atoms with Crippen LogP contribution in [0.15, 0.2) is 18.3 Å². The van der Waals surface area contributed by atoms with Crippen LogP contribution >= 0.6 is 0 Å². The fourth-order valence-electron chi connectivity index (χ4n) is 2.41. The van der Waals surface area contributed by atoms with Crippen LogP contribution < -0.4 is 10.6 Å². The van der Waals surface area contributed by atoms with Gasteiger partial charge >= 0.3 is 0 Å². The van der Waals surface area contributed by atoms with Crippen LogP contribution in [0.4, 0.5) is 5.82 Å². The fourth-order valence-corrected chi connectivity index (χ4v) is 2.41. The minimum absolute atomic E-state index is 0.0485. The number of anilines is 1. The number of carbonyl (C=O) groups excluding carboxylic acids is 1. The molecule has 23 heavy (non-hydrogen) atoms. The number of hydrogen-bond donors (Lipinski definition) is 2. The van der Waals surface area contributed by atoms with E-state index in [0.717, 1.165) is 51.6 Å². The van der Waals surface area contributed by atoms with Crippen LogP contribution in [0.3, 0.4) is 0 Å². The number of carbonyl (C=O) groups is 1. The Hall–Kier alpha value is -1.66. The molecule has 0 unspecified atom stereocenters. The zero-order valence-electron chi connectivity index (χ0n) is 14.2. The molecule has 0 bridgehead atoms. The molecule has 1 saturated heterocycles. The summed E-state index contributed by atoms with van der Waals surface area (Å²) in [5.41, 5.74) is 0.647. The van der Waals surface area contributed by atoms with Crippen LogP contribution in [0.2, 0.25) is 0 Å². The molecule has 0 atom stereocenters. The van der Waals surface area contributed by atoms with E-state index in [1.165, 1.54) is 0 Å². The third-order valence-electron chi connectivity index (χ3n) is 3.87. The number of rotatable bonds is 8. The Morgan fingerprint density at radius 2 is 2.13 bits per heavy atom. The molecule has 1 amide bonds. The average Bonchev–Trinajstić information content (AvgIpc) is 2.56. The van der Waals surface area contributed by atoms with Crippen molar-refractivity contribution in [2.75, 3.05) is 51.3 Å². The van der Waals surface area contributed by atoms with Crippen LogP contribution in [0.5, 0.6) is 0 Å². The lowest BCUT2D eigenvalue weighted by Crippen LogP contribution is -2.41. The summed E-state index contributed by atoms with van der Waals surface area (Å²) in [5.74, 6) is 1.35. The minimum Gasteiger partial charge on any atom is -0.379 e. The number of amides is 1. The molecule has 1 aromatic heterocycles. The summed E-state index contributed by atoms with van der Waals surface area (Å²) in [4.78, 5) is 18.8. The van der Waals surface area contributed by atoms with Gasteiger partial charge in [-0.1, -0.05) is 13.8 Å². The zero-order chi connectivity index (χ0) is 16.5. The predicted octanol–water partition coefficient (Wildman–Crippen LogP) is 1.60. The maximum Gasteiger partial charge on any atom is 0.251 e. The molecule has 0 radical (unpaired) electrons. The van der Waals surface area contributed by atoms with Crippen LogP contribution in [-0.2, 0) is 4.74 Å². The van der Waals surface area contributed by atoms with Gasteiger partial charge in [-0.15, -0.1) is 0 Å². The number of ether oxygens (including phenoxy) is 1. The molecule has 1 aromatic rings. The SMILES string of the molecule is CC(C)CCNc1cc(C(=O)NCCN2CCOCC2)ccn1. The topological polar surface area (TPSA) is 66.5 Å². The Labute approximate surface area is 138 Å². The first kappa shape index (κ1) is 17.7. The van der Waals surface area contributed by atoms with E-state index in [1.807, 2.05) is 6.07 Å². The lowest BCUT2D eigenvalue weighted by molar-refractivity contribution is 0.0383. The molecule has 0 aliphatic carbocycles. The zero-order valence-corrected chi connectivity index (χ0v) is 14.2. The molecule has 1 fully saturated rings. The maximum atomic E-state index is 12.2. The van der Waals surface area contributed by atoms with Crippen molar-refractivity contribution in [2.24, 2.45) is 5.92 Å². The van der Waals surface area contributed by atoms with Gasteiger partial charge in [0.2, 0.25) is 0 Å². The largest absolute Gasteiger partial charge is 0.379 e. The number of morpholine rings is 1. The summed E-state index contributed by atoms with van der Waals surface area (Å²) >= 11 is 0. The summed E-state index contributed by atoms with van der Waals surface area (Å²) < 4.78 is 5.31. The van der Waals surface area contributed by atoms with E-state index < -0.39 is 0 Å². The second-order valence-corrected chi connectivity index (χ2v) is 6.25. The lowest BCUT2D eigenvalue weighted by Gasteiger charge is -2.26. The van der Waals surface area contributed by atoms with Crippen molar-refractivity contribution in [3.05, 3.63) is 23.9 Å². The van der Waals surface area contributed by atoms with Crippen molar-refractivity contribution in [1.82, 2.24) is 15.2 Å². The Morgan fingerprint density at radius 1 is 1.35 bits per heavy atom. The standard InChI is InChI=1S/C17H28N4O2/c1-14(2)3-5-18-16-13-15(4-6-19-16)17(22)20-7-8-21-9-11-23-12-10-21/h4,6,13-14H,3,5,7-12H2,1-2H3,(H,18,19)(H,20,22). The highest BCUT2D eigenvalue weighted by Gasteiger charge is 2.11. The Kier molecular flexibility index (Phi) is 7.29.